The van der Waals surface area contributed by atoms with Crippen LogP contribution in [0.15, 0.2) is 48.5 Å². The number of aliphatic hydroxyl groups excluding tert-OH is 2. The van der Waals surface area contributed by atoms with Crippen molar-refractivity contribution in [2.45, 2.75) is 136 Å². The number of nitrogens with zero attached hydrogens (tertiary/aromatic N) is 2. The maximum absolute atomic E-state index is 14.1. The average molecular weight is 999 g/mol. The number of carbonyl (C=O) groups is 6. The van der Waals surface area contributed by atoms with Crippen LogP contribution >= 0.6 is 23.5 Å². The van der Waals surface area contributed by atoms with Crippen molar-refractivity contribution in [1.29, 1.82) is 0 Å². The lowest BCUT2D eigenvalue weighted by Crippen LogP contribution is -2.58. The van der Waals surface area contributed by atoms with Crippen LogP contribution in [0.5, 0.6) is 0 Å². The van der Waals surface area contributed by atoms with Crippen molar-refractivity contribution in [2.75, 3.05) is 38.8 Å². The van der Waals surface area contributed by atoms with E-state index in [1.54, 1.807) is 27.9 Å². The Labute approximate surface area is 416 Å². The molecule has 6 aliphatic rings. The summed E-state index contributed by atoms with van der Waals surface area (Å²) in [4.78, 5) is 84.5. The van der Waals surface area contributed by atoms with E-state index in [9.17, 15) is 39.0 Å². The van der Waals surface area contributed by atoms with Gasteiger partial charge in [-0.1, -0.05) is 60.4 Å². The van der Waals surface area contributed by atoms with Crippen LogP contribution in [0.1, 0.15) is 73.9 Å². The second kappa shape index (κ2) is 22.9. The number of hydrogen-bond acceptors (Lipinski definition) is 14. The highest BCUT2D eigenvalue weighted by molar-refractivity contribution is 8.00. The summed E-state index contributed by atoms with van der Waals surface area (Å²) in [5, 5.41) is 39.2. The SMILES string of the molecule is CN[C@@H](C)C(=O)N[C@H]1CCS[C@H]2C[C@H](O)[C@@H](C(=O)N[C@H]3c4ccccc4C[C@H]3OCC#CC#CCO[C@@H]3Cc4ccccc4[C@@H]3NC(=O)[C@@H]3[C@@H](O)C[C@@H]4SCC[C@H](NC(=O)[C@H](C)NC)C(=O)N43)N2C1=O. The van der Waals surface area contributed by atoms with Crippen molar-refractivity contribution < 1.29 is 48.5 Å². The van der Waals surface area contributed by atoms with Crippen molar-refractivity contribution in [3.05, 3.63) is 70.8 Å². The number of ether oxygens (including phenoxy) is 2. The highest BCUT2D eigenvalue weighted by Crippen LogP contribution is 2.40. The molecule has 14 atom stereocenters. The van der Waals surface area contributed by atoms with Gasteiger partial charge in [-0.3, -0.25) is 28.8 Å². The first-order chi connectivity index (χ1) is 33.8. The fourth-order valence-electron chi connectivity index (χ4n) is 10.2. The molecule has 4 aliphatic heterocycles. The molecule has 0 saturated carbocycles. The molecule has 2 aliphatic carbocycles. The maximum atomic E-state index is 14.1. The summed E-state index contributed by atoms with van der Waals surface area (Å²) in [5.41, 5.74) is 3.72. The first-order valence-corrected chi connectivity index (χ1v) is 26.0. The molecule has 374 valence electrons. The van der Waals surface area contributed by atoms with E-state index < -0.39 is 107 Å². The Morgan fingerprint density at radius 3 is 1.46 bits per heavy atom. The second-order valence-corrected chi connectivity index (χ2v) is 21.0. The number of fused-ring (bicyclic) bond motifs is 4. The predicted octanol–water partition coefficient (Wildman–Crippen LogP) is -0.374. The summed E-state index contributed by atoms with van der Waals surface area (Å²) in [6.45, 7) is 3.40. The topological polar surface area (TPSA) is 240 Å². The van der Waals surface area contributed by atoms with Crippen LogP contribution < -0.4 is 31.9 Å². The van der Waals surface area contributed by atoms with Crippen molar-refractivity contribution >= 4 is 59.0 Å². The molecule has 6 amide bonds. The molecule has 2 aromatic carbocycles. The molecule has 8 rings (SSSR count). The minimum atomic E-state index is -1.15. The van der Waals surface area contributed by atoms with Crippen LogP contribution in [0.2, 0.25) is 0 Å². The number of amides is 6. The van der Waals surface area contributed by atoms with Gasteiger partial charge in [-0.15, -0.1) is 23.5 Å². The Morgan fingerprint density at radius 2 is 1.06 bits per heavy atom. The van der Waals surface area contributed by atoms with E-state index in [0.717, 1.165) is 22.3 Å². The van der Waals surface area contributed by atoms with Gasteiger partial charge in [0.15, 0.2) is 0 Å². The average Bonchev–Trinajstić information content (AvgIpc) is 4.04. The molecule has 70 heavy (non-hydrogen) atoms. The molecule has 0 unspecified atom stereocenters. The standard InChI is InChI=1S/C50H62N8O10S2/c1-27(51-3)45(61)53-33-17-21-69-39-25-35(59)43(57(39)49(33)65)47(63)55-41-31-15-9-7-13-29(31)23-37(41)67-19-11-5-6-12-20-68-38-24-30-14-8-10-16-32(30)42(38)56-48(64)44-36(60)26-40-58(44)50(66)34(18-22-70-40)54-46(62)28(2)52-4/h7-10,13-16,27-28,33-44,51-52,59-60H,17-26H2,1-4H3,(H,53,61)(H,54,62)(H,55,63)(H,56,64)/t27-,28-,33-,34-,35-,36-,37+,38+,39-,40-,41-,42-,43-,44-/m0/s1. The van der Waals surface area contributed by atoms with Crippen LogP contribution in [0, 0.1) is 23.7 Å². The quantitative estimate of drug-likeness (QED) is 0.113. The molecule has 0 radical (unpaired) electrons. The second-order valence-electron chi connectivity index (χ2n) is 18.4. The number of rotatable bonds is 14. The summed E-state index contributed by atoms with van der Waals surface area (Å²) >= 11 is 2.98. The van der Waals surface area contributed by atoms with Gasteiger partial charge < -0.3 is 61.4 Å². The van der Waals surface area contributed by atoms with Gasteiger partial charge in [0.2, 0.25) is 35.4 Å². The summed E-state index contributed by atoms with van der Waals surface area (Å²) < 4.78 is 12.5. The minimum absolute atomic E-state index is 0.00247. The van der Waals surface area contributed by atoms with E-state index in [2.05, 4.69) is 55.6 Å². The summed E-state index contributed by atoms with van der Waals surface area (Å²) in [6, 6.07) is 9.21. The lowest BCUT2D eigenvalue weighted by Gasteiger charge is -2.32. The molecule has 8 N–H and O–H groups in total. The van der Waals surface area contributed by atoms with Crippen LogP contribution in [0.4, 0.5) is 0 Å². The van der Waals surface area contributed by atoms with Crippen molar-refractivity contribution in [3.8, 4) is 23.7 Å². The summed E-state index contributed by atoms with van der Waals surface area (Å²) in [6.07, 6.45) is -0.928. The Kier molecular flexibility index (Phi) is 16.8. The van der Waals surface area contributed by atoms with Gasteiger partial charge in [0, 0.05) is 25.7 Å². The molecule has 0 aromatic heterocycles. The molecule has 4 heterocycles. The van der Waals surface area contributed by atoms with Gasteiger partial charge in [0.1, 0.15) is 37.4 Å². The van der Waals surface area contributed by atoms with Crippen LogP contribution in [0.25, 0.3) is 0 Å². The van der Waals surface area contributed by atoms with Crippen molar-refractivity contribution in [2.24, 2.45) is 0 Å². The normalized spacial score (nSPS) is 30.7. The maximum Gasteiger partial charge on any atom is 0.246 e. The lowest BCUT2D eigenvalue weighted by atomic mass is 10.1. The molecule has 4 saturated heterocycles. The van der Waals surface area contributed by atoms with Gasteiger partial charge in [0.05, 0.1) is 59.3 Å². The van der Waals surface area contributed by atoms with E-state index in [1.165, 1.54) is 33.3 Å². The Morgan fingerprint density at radius 1 is 0.657 bits per heavy atom. The fraction of sp³-hybridized carbons (Fsp3) is 0.560. The number of likely N-dealkylation sites (N-methyl/N-ethyl adjacent to an activating group) is 2. The summed E-state index contributed by atoms with van der Waals surface area (Å²) in [7, 11) is 3.32. The van der Waals surface area contributed by atoms with Crippen LogP contribution in [0.3, 0.4) is 0 Å². The first kappa shape index (κ1) is 51.2. The van der Waals surface area contributed by atoms with Crippen molar-refractivity contribution in [3.63, 3.8) is 0 Å². The molecule has 18 nitrogen and oxygen atoms in total. The molecule has 0 spiro atoms. The van der Waals surface area contributed by atoms with E-state index in [-0.39, 0.29) is 37.9 Å². The highest BCUT2D eigenvalue weighted by atomic mass is 32.2. The molecule has 0 bridgehead atoms. The Bertz CT molecular complexity index is 2280. The molecular weight excluding hydrogens is 937 g/mol. The highest BCUT2D eigenvalue weighted by Gasteiger charge is 2.53. The molecular formula is C50H62N8O10S2. The molecule has 4 fully saturated rings. The molecule has 2 aromatic rings. The van der Waals surface area contributed by atoms with E-state index >= 15 is 0 Å². The van der Waals surface area contributed by atoms with E-state index in [0.29, 0.717) is 37.2 Å². The number of benzene rings is 2. The molecule has 20 heteroatoms. The number of carbonyl (C=O) groups excluding carboxylic acids is 6. The number of hydrogen-bond donors (Lipinski definition) is 8. The third-order valence-electron chi connectivity index (χ3n) is 14.1. The van der Waals surface area contributed by atoms with Crippen LogP contribution in [-0.4, -0.2) is 166 Å². The fourth-order valence-corrected chi connectivity index (χ4v) is 12.9. The third-order valence-corrected chi connectivity index (χ3v) is 16.7. The minimum Gasteiger partial charge on any atom is -0.390 e. The smallest absolute Gasteiger partial charge is 0.246 e. The zero-order chi connectivity index (χ0) is 49.6. The van der Waals surface area contributed by atoms with E-state index in [1.807, 2.05) is 48.5 Å². The number of thioether (sulfide) groups is 2. The van der Waals surface area contributed by atoms with Gasteiger partial charge in [-0.2, -0.15) is 0 Å². The third kappa shape index (κ3) is 11.0. The number of aliphatic hydroxyl groups is 2. The zero-order valence-corrected chi connectivity index (χ0v) is 41.3. The van der Waals surface area contributed by atoms with Crippen LogP contribution in [-0.2, 0) is 51.1 Å². The zero-order valence-electron chi connectivity index (χ0n) is 39.6. The largest absolute Gasteiger partial charge is 0.390 e. The number of nitrogens with one attached hydrogen (secondary N) is 6. The van der Waals surface area contributed by atoms with Gasteiger partial charge in [0.25, 0.3) is 0 Å². The monoisotopic (exact) mass is 998 g/mol. The first-order valence-electron chi connectivity index (χ1n) is 23.9. The Balaban J connectivity index is 0.871. The predicted molar refractivity (Wildman–Crippen MR) is 262 cm³/mol. The Hall–Kier alpha value is -5.16. The van der Waals surface area contributed by atoms with Gasteiger partial charge >= 0.3 is 0 Å². The lowest BCUT2D eigenvalue weighted by molar-refractivity contribution is -0.144. The van der Waals surface area contributed by atoms with E-state index in [4.69, 9.17) is 9.47 Å². The van der Waals surface area contributed by atoms with Gasteiger partial charge in [-0.05, 0) is 86.4 Å². The summed E-state index contributed by atoms with van der Waals surface area (Å²) in [5.74, 6) is 10.2. The van der Waals surface area contributed by atoms with Crippen molar-refractivity contribution in [1.82, 2.24) is 41.7 Å². The van der Waals surface area contributed by atoms with Gasteiger partial charge in [-0.25, -0.2) is 0 Å².